The third-order valence-corrected chi connectivity index (χ3v) is 2.87. The highest BCUT2D eigenvalue weighted by Gasteiger charge is 2.23. The lowest BCUT2D eigenvalue weighted by Crippen LogP contribution is -2.33. The second kappa shape index (κ2) is 4.77. The smallest absolute Gasteiger partial charge is 0.0624 e. The lowest BCUT2D eigenvalue weighted by atomic mass is 9.86. The quantitative estimate of drug-likeness (QED) is 0.744. The Kier molecular flexibility index (Phi) is 3.88. The van der Waals surface area contributed by atoms with Crippen molar-refractivity contribution in [2.75, 3.05) is 13.2 Å². The van der Waals surface area contributed by atoms with Crippen molar-refractivity contribution < 1.29 is 5.11 Å². The number of nitrogens with zero attached hydrogens (tertiary/aromatic N) is 2. The van der Waals surface area contributed by atoms with Gasteiger partial charge < -0.3 is 10.8 Å². The van der Waals surface area contributed by atoms with Crippen molar-refractivity contribution >= 4 is 0 Å². The summed E-state index contributed by atoms with van der Waals surface area (Å²) in [6, 6.07) is 2.09. The molecule has 1 aromatic rings. The number of aliphatic hydroxyl groups excluding tert-OH is 1. The van der Waals surface area contributed by atoms with E-state index in [9.17, 15) is 5.11 Å². The average molecular weight is 211 g/mol. The predicted molar refractivity (Wildman–Crippen MR) is 60.5 cm³/mol. The molecule has 0 aliphatic carbocycles. The van der Waals surface area contributed by atoms with E-state index in [4.69, 9.17) is 5.73 Å². The van der Waals surface area contributed by atoms with Crippen molar-refractivity contribution in [1.82, 2.24) is 9.78 Å². The second-order valence-corrected chi connectivity index (χ2v) is 4.45. The average Bonchev–Trinajstić information content (AvgIpc) is 2.59. The Morgan fingerprint density at radius 3 is 2.67 bits per heavy atom. The van der Waals surface area contributed by atoms with E-state index >= 15 is 0 Å². The summed E-state index contributed by atoms with van der Waals surface area (Å²) in [6.45, 7) is 4.66. The maximum atomic E-state index is 9.29. The molecule has 1 atom stereocenters. The molecule has 86 valence electrons. The van der Waals surface area contributed by atoms with Gasteiger partial charge in [-0.05, 0) is 18.9 Å². The second-order valence-electron chi connectivity index (χ2n) is 4.45. The molecule has 1 heterocycles. The van der Waals surface area contributed by atoms with E-state index in [1.807, 2.05) is 18.7 Å². The molecule has 15 heavy (non-hydrogen) atoms. The Labute approximate surface area is 91.1 Å². The van der Waals surface area contributed by atoms with Gasteiger partial charge in [0.15, 0.2) is 0 Å². The number of rotatable bonds is 5. The molecule has 0 spiro atoms. The Hall–Kier alpha value is -0.870. The van der Waals surface area contributed by atoms with E-state index in [2.05, 4.69) is 18.1 Å². The largest absolute Gasteiger partial charge is 0.396 e. The Balaban J connectivity index is 2.83. The molecule has 0 aliphatic rings. The standard InChI is InChI=1S/C11H21N3O/c1-4-9-5-10(14(3)13-9)6-11(2,7-12)8-15/h5,15H,4,6-8,12H2,1-3H3. The zero-order valence-electron chi connectivity index (χ0n) is 9.82. The third kappa shape index (κ3) is 2.79. The first-order valence-electron chi connectivity index (χ1n) is 5.37. The number of aromatic nitrogens is 2. The van der Waals surface area contributed by atoms with E-state index in [1.54, 1.807) is 0 Å². The summed E-state index contributed by atoms with van der Waals surface area (Å²) in [6.07, 6.45) is 1.70. The molecule has 0 saturated heterocycles. The van der Waals surface area contributed by atoms with E-state index in [0.717, 1.165) is 24.2 Å². The van der Waals surface area contributed by atoms with Crippen LogP contribution in [0.15, 0.2) is 6.07 Å². The molecule has 0 amide bonds. The van der Waals surface area contributed by atoms with Crippen LogP contribution in [0.1, 0.15) is 25.2 Å². The summed E-state index contributed by atoms with van der Waals surface area (Å²) in [7, 11) is 1.93. The third-order valence-electron chi connectivity index (χ3n) is 2.87. The fourth-order valence-corrected chi connectivity index (χ4v) is 1.54. The number of hydrogen-bond acceptors (Lipinski definition) is 3. The van der Waals surface area contributed by atoms with Crippen LogP contribution in [0.2, 0.25) is 0 Å². The van der Waals surface area contributed by atoms with Crippen LogP contribution >= 0.6 is 0 Å². The lowest BCUT2D eigenvalue weighted by molar-refractivity contribution is 0.147. The fourth-order valence-electron chi connectivity index (χ4n) is 1.54. The summed E-state index contributed by atoms with van der Waals surface area (Å²) < 4.78 is 1.88. The van der Waals surface area contributed by atoms with Gasteiger partial charge in [0.2, 0.25) is 0 Å². The van der Waals surface area contributed by atoms with Crippen LogP contribution in [0.5, 0.6) is 0 Å². The molecule has 0 aliphatic heterocycles. The molecule has 0 saturated carbocycles. The number of hydrogen-bond donors (Lipinski definition) is 2. The molecule has 0 bridgehead atoms. The minimum atomic E-state index is -0.237. The maximum Gasteiger partial charge on any atom is 0.0624 e. The summed E-state index contributed by atoms with van der Waals surface area (Å²) in [5, 5.41) is 13.7. The minimum Gasteiger partial charge on any atom is -0.396 e. The van der Waals surface area contributed by atoms with Crippen molar-refractivity contribution in [2.24, 2.45) is 18.2 Å². The van der Waals surface area contributed by atoms with Gasteiger partial charge in [0.1, 0.15) is 0 Å². The van der Waals surface area contributed by atoms with Crippen LogP contribution in [0.4, 0.5) is 0 Å². The summed E-state index contributed by atoms with van der Waals surface area (Å²) in [5.41, 5.74) is 7.65. The topological polar surface area (TPSA) is 64.1 Å². The van der Waals surface area contributed by atoms with Gasteiger partial charge in [-0.25, -0.2) is 0 Å². The normalized spacial score (nSPS) is 15.3. The number of nitrogens with two attached hydrogens (primary N) is 1. The molecule has 0 fully saturated rings. The van der Waals surface area contributed by atoms with Gasteiger partial charge in [-0.15, -0.1) is 0 Å². The molecular weight excluding hydrogens is 190 g/mol. The maximum absolute atomic E-state index is 9.29. The number of aliphatic hydroxyl groups is 1. The van der Waals surface area contributed by atoms with E-state index in [0.29, 0.717) is 6.54 Å². The highest BCUT2D eigenvalue weighted by molar-refractivity contribution is 5.12. The van der Waals surface area contributed by atoms with Gasteiger partial charge >= 0.3 is 0 Å². The van der Waals surface area contributed by atoms with Crippen LogP contribution in [0.25, 0.3) is 0 Å². The van der Waals surface area contributed by atoms with Crippen LogP contribution in [0.3, 0.4) is 0 Å². The Morgan fingerprint density at radius 1 is 1.60 bits per heavy atom. The van der Waals surface area contributed by atoms with Crippen LogP contribution in [0, 0.1) is 5.41 Å². The predicted octanol–water partition coefficient (Wildman–Crippen LogP) is 0.482. The summed E-state index contributed by atoms with van der Waals surface area (Å²) >= 11 is 0. The van der Waals surface area contributed by atoms with Crippen molar-refractivity contribution in [1.29, 1.82) is 0 Å². The van der Waals surface area contributed by atoms with Crippen LogP contribution in [-0.4, -0.2) is 28.0 Å². The van der Waals surface area contributed by atoms with Crippen molar-refractivity contribution in [3.63, 3.8) is 0 Å². The van der Waals surface area contributed by atoms with Gasteiger partial charge in [-0.1, -0.05) is 13.8 Å². The van der Waals surface area contributed by atoms with Gasteiger partial charge in [-0.2, -0.15) is 5.10 Å². The molecule has 3 N–H and O–H groups in total. The highest BCUT2D eigenvalue weighted by atomic mass is 16.3. The highest BCUT2D eigenvalue weighted by Crippen LogP contribution is 2.20. The van der Waals surface area contributed by atoms with E-state index < -0.39 is 0 Å². The fraction of sp³-hybridized carbons (Fsp3) is 0.727. The molecule has 1 rings (SSSR count). The minimum absolute atomic E-state index is 0.107. The van der Waals surface area contributed by atoms with Gasteiger partial charge in [-0.3, -0.25) is 4.68 Å². The lowest BCUT2D eigenvalue weighted by Gasteiger charge is -2.24. The first-order valence-corrected chi connectivity index (χ1v) is 5.37. The first kappa shape index (κ1) is 12.2. The molecule has 4 nitrogen and oxygen atoms in total. The van der Waals surface area contributed by atoms with Crippen LogP contribution in [-0.2, 0) is 19.9 Å². The summed E-state index contributed by atoms with van der Waals surface area (Å²) in [5.74, 6) is 0. The van der Waals surface area contributed by atoms with Gasteiger partial charge in [0.25, 0.3) is 0 Å². The number of aryl methyl sites for hydroxylation is 2. The van der Waals surface area contributed by atoms with Crippen molar-refractivity contribution in [2.45, 2.75) is 26.7 Å². The first-order chi connectivity index (χ1) is 7.04. The van der Waals surface area contributed by atoms with Gasteiger partial charge in [0.05, 0.1) is 12.3 Å². The molecular formula is C11H21N3O. The van der Waals surface area contributed by atoms with Crippen molar-refractivity contribution in [3.05, 3.63) is 17.5 Å². The van der Waals surface area contributed by atoms with E-state index in [-0.39, 0.29) is 12.0 Å². The molecule has 1 aromatic heterocycles. The Bertz CT molecular complexity index is 316. The van der Waals surface area contributed by atoms with E-state index in [1.165, 1.54) is 0 Å². The Morgan fingerprint density at radius 2 is 2.27 bits per heavy atom. The molecule has 0 radical (unpaired) electrons. The molecule has 0 aromatic carbocycles. The molecule has 4 heteroatoms. The zero-order valence-corrected chi connectivity index (χ0v) is 9.82. The zero-order chi connectivity index (χ0) is 11.5. The van der Waals surface area contributed by atoms with Crippen molar-refractivity contribution in [3.8, 4) is 0 Å². The monoisotopic (exact) mass is 211 g/mol. The molecule has 1 unspecified atom stereocenters. The van der Waals surface area contributed by atoms with Crippen LogP contribution < -0.4 is 5.73 Å². The summed E-state index contributed by atoms with van der Waals surface area (Å²) in [4.78, 5) is 0. The van der Waals surface area contributed by atoms with Gasteiger partial charge in [0, 0.05) is 24.7 Å². The SMILES string of the molecule is CCc1cc(CC(C)(CN)CO)n(C)n1.